The number of non-ortho nitro benzene ring substituents is 1. The van der Waals surface area contributed by atoms with Crippen LogP contribution in [-0.2, 0) is 14.8 Å². The van der Waals surface area contributed by atoms with E-state index in [1.165, 1.54) is 34.6 Å². The molecule has 0 radical (unpaired) electrons. The molecule has 1 aliphatic heterocycles. The lowest BCUT2D eigenvalue weighted by Gasteiger charge is -2.34. The molecule has 1 fully saturated rings. The van der Waals surface area contributed by atoms with Crippen molar-refractivity contribution < 1.29 is 22.9 Å². The maximum Gasteiger partial charge on any atom is 0.271 e. The third-order valence-electron chi connectivity index (χ3n) is 4.84. The molecule has 2 unspecified atom stereocenters. The Morgan fingerprint density at radius 2 is 1.78 bits per heavy atom. The Morgan fingerprint density at radius 3 is 2.34 bits per heavy atom. The van der Waals surface area contributed by atoms with E-state index >= 15 is 0 Å². The largest absolute Gasteiger partial charge is 0.376 e. The smallest absolute Gasteiger partial charge is 0.271 e. The molecule has 1 aliphatic rings. The highest BCUT2D eigenvalue weighted by atomic mass is 79.9. The number of carbonyl (C=O) groups excluding carboxylic acids is 1. The van der Waals surface area contributed by atoms with Gasteiger partial charge in [0.25, 0.3) is 5.69 Å². The third kappa shape index (κ3) is 5.54. The van der Waals surface area contributed by atoms with E-state index < -0.39 is 14.9 Å². The first-order valence-corrected chi connectivity index (χ1v) is 12.7. The summed E-state index contributed by atoms with van der Waals surface area (Å²) in [5.41, 5.74) is 0.608. The van der Waals surface area contributed by atoms with Crippen LogP contribution in [0.15, 0.2) is 50.2 Å². The highest BCUT2D eigenvalue weighted by molar-refractivity contribution is 9.11. The molecule has 0 aromatic heterocycles. The summed E-state index contributed by atoms with van der Waals surface area (Å²) in [6, 6.07) is 8.57. The molecule has 3 rings (SSSR count). The molecule has 0 aliphatic carbocycles. The van der Waals surface area contributed by atoms with E-state index in [9.17, 15) is 23.3 Å². The lowest BCUT2D eigenvalue weighted by molar-refractivity contribution is -0.385. The molecule has 0 saturated carbocycles. The second kappa shape index (κ2) is 9.96. The minimum absolute atomic E-state index is 0.0438. The van der Waals surface area contributed by atoms with Crippen molar-refractivity contribution in [1.82, 2.24) is 4.31 Å². The zero-order valence-corrected chi connectivity index (χ0v) is 21.2. The molecule has 12 heteroatoms. The van der Waals surface area contributed by atoms with Gasteiger partial charge in [-0.05, 0) is 57.8 Å². The molecule has 2 atom stereocenters. The molecule has 0 spiro atoms. The monoisotopic (exact) mass is 589 g/mol. The number of Topliss-reactive ketones (excluding diaryl/α,β-unsaturated/α-hetero) is 1. The maximum absolute atomic E-state index is 13.1. The van der Waals surface area contributed by atoms with Gasteiger partial charge >= 0.3 is 0 Å². The Hall–Kier alpha value is -1.86. The average molecular weight is 591 g/mol. The number of hydrogen-bond donors (Lipinski definition) is 1. The first kappa shape index (κ1) is 24.8. The van der Waals surface area contributed by atoms with E-state index in [-0.39, 0.29) is 53.8 Å². The van der Waals surface area contributed by atoms with Crippen molar-refractivity contribution >= 4 is 59.0 Å². The summed E-state index contributed by atoms with van der Waals surface area (Å²) in [4.78, 5) is 23.2. The quantitative estimate of drug-likeness (QED) is 0.291. The number of nitrogens with one attached hydrogen (secondary N) is 1. The molecular weight excluding hydrogens is 570 g/mol. The molecule has 0 bridgehead atoms. The zero-order valence-electron chi connectivity index (χ0n) is 17.2. The summed E-state index contributed by atoms with van der Waals surface area (Å²) < 4.78 is 34.0. The van der Waals surface area contributed by atoms with E-state index in [4.69, 9.17) is 4.74 Å². The van der Waals surface area contributed by atoms with E-state index in [0.717, 1.165) is 0 Å². The molecule has 1 heterocycles. The highest BCUT2D eigenvalue weighted by Gasteiger charge is 2.32. The van der Waals surface area contributed by atoms with Crippen molar-refractivity contribution in [2.24, 2.45) is 0 Å². The van der Waals surface area contributed by atoms with Crippen molar-refractivity contribution in [3.8, 4) is 0 Å². The highest BCUT2D eigenvalue weighted by Crippen LogP contribution is 2.35. The van der Waals surface area contributed by atoms with Crippen LogP contribution in [0, 0.1) is 10.1 Å². The Labute approximate surface area is 202 Å². The fourth-order valence-corrected chi connectivity index (χ4v) is 6.49. The first-order chi connectivity index (χ1) is 15.0. The number of ether oxygens (including phenoxy) is 1. The van der Waals surface area contributed by atoms with Gasteiger partial charge in [0.05, 0.1) is 34.3 Å². The van der Waals surface area contributed by atoms with Crippen LogP contribution in [-0.4, -0.2) is 55.3 Å². The van der Waals surface area contributed by atoms with Crippen LogP contribution in [0.2, 0.25) is 0 Å². The van der Waals surface area contributed by atoms with Gasteiger partial charge in [-0.2, -0.15) is 4.31 Å². The predicted octanol–water partition coefficient (Wildman–Crippen LogP) is 4.21. The number of nitro benzene ring substituents is 1. The van der Waals surface area contributed by atoms with Crippen molar-refractivity contribution in [3.63, 3.8) is 0 Å². The standard InChI is InChI=1S/C20H21Br2N3O6S/c1-12-10-24(11-13(2)31-12)32(29,30)16-5-3-4-14(6-16)19(26)9-23-20-17(21)7-15(25(27)28)8-18(20)22/h3-8,12-13,23H,9-11H2,1-2H3. The summed E-state index contributed by atoms with van der Waals surface area (Å²) in [6.45, 7) is 3.99. The topological polar surface area (TPSA) is 119 Å². The van der Waals surface area contributed by atoms with Gasteiger partial charge in [-0.1, -0.05) is 12.1 Å². The SMILES string of the molecule is CC1CN(S(=O)(=O)c2cccc(C(=O)CNc3c(Br)cc([N+](=O)[O-])cc3Br)c2)CC(C)O1. The fourth-order valence-electron chi connectivity index (χ4n) is 3.41. The maximum atomic E-state index is 13.1. The Balaban J connectivity index is 1.77. The number of ketones is 1. The Morgan fingerprint density at radius 1 is 1.19 bits per heavy atom. The normalized spacial score (nSPS) is 19.5. The van der Waals surface area contributed by atoms with Gasteiger partial charge in [-0.3, -0.25) is 14.9 Å². The average Bonchev–Trinajstić information content (AvgIpc) is 2.72. The van der Waals surface area contributed by atoms with Gasteiger partial charge in [-0.25, -0.2) is 8.42 Å². The number of anilines is 1. The summed E-state index contributed by atoms with van der Waals surface area (Å²) in [6.07, 6.45) is -0.442. The van der Waals surface area contributed by atoms with Gasteiger partial charge in [0.1, 0.15) is 0 Å². The van der Waals surface area contributed by atoms with Crippen LogP contribution in [0.1, 0.15) is 24.2 Å². The van der Waals surface area contributed by atoms with Gasteiger partial charge in [0.2, 0.25) is 10.0 Å². The zero-order chi connectivity index (χ0) is 23.6. The van der Waals surface area contributed by atoms with Gasteiger partial charge < -0.3 is 10.1 Å². The predicted molar refractivity (Wildman–Crippen MR) is 127 cm³/mol. The van der Waals surface area contributed by atoms with Crippen molar-refractivity contribution in [2.75, 3.05) is 25.0 Å². The number of morpholine rings is 1. The number of carbonyl (C=O) groups is 1. The van der Waals surface area contributed by atoms with Crippen LogP contribution in [0.25, 0.3) is 0 Å². The molecule has 2 aromatic rings. The minimum atomic E-state index is -3.78. The molecule has 1 saturated heterocycles. The molecule has 2 aromatic carbocycles. The second-order valence-electron chi connectivity index (χ2n) is 7.43. The molecule has 32 heavy (non-hydrogen) atoms. The molecule has 1 N–H and O–H groups in total. The number of rotatable bonds is 7. The number of sulfonamides is 1. The Kier molecular flexibility index (Phi) is 7.71. The van der Waals surface area contributed by atoms with Gasteiger partial charge in [0.15, 0.2) is 5.78 Å². The van der Waals surface area contributed by atoms with Crippen LogP contribution in [0.3, 0.4) is 0 Å². The number of benzene rings is 2. The number of hydrogen-bond acceptors (Lipinski definition) is 7. The lowest BCUT2D eigenvalue weighted by atomic mass is 10.1. The van der Waals surface area contributed by atoms with Gasteiger partial charge in [0, 0.05) is 39.7 Å². The van der Waals surface area contributed by atoms with E-state index in [1.54, 1.807) is 6.07 Å². The van der Waals surface area contributed by atoms with E-state index in [0.29, 0.717) is 14.6 Å². The molecule has 0 amide bonds. The number of halogens is 2. The number of nitro groups is 1. The van der Waals surface area contributed by atoms with Crippen molar-refractivity contribution in [3.05, 3.63) is 61.0 Å². The third-order valence-corrected chi connectivity index (χ3v) is 7.92. The first-order valence-electron chi connectivity index (χ1n) is 9.65. The van der Waals surface area contributed by atoms with Crippen LogP contribution < -0.4 is 5.32 Å². The summed E-state index contributed by atoms with van der Waals surface area (Å²) in [5, 5.41) is 13.9. The molecule has 172 valence electrons. The van der Waals surface area contributed by atoms with Gasteiger partial charge in [-0.15, -0.1) is 0 Å². The van der Waals surface area contributed by atoms with Crippen LogP contribution >= 0.6 is 31.9 Å². The summed E-state index contributed by atoms with van der Waals surface area (Å²) in [7, 11) is -3.78. The van der Waals surface area contributed by atoms with Crippen molar-refractivity contribution in [2.45, 2.75) is 31.0 Å². The van der Waals surface area contributed by atoms with Crippen LogP contribution in [0.4, 0.5) is 11.4 Å². The minimum Gasteiger partial charge on any atom is -0.376 e. The summed E-state index contributed by atoms with van der Waals surface area (Å²) in [5.74, 6) is -0.331. The summed E-state index contributed by atoms with van der Waals surface area (Å²) >= 11 is 6.52. The second-order valence-corrected chi connectivity index (χ2v) is 11.1. The molecular formula is C20H21Br2N3O6S. The number of nitrogens with zero attached hydrogens (tertiary/aromatic N) is 2. The molecule has 9 nitrogen and oxygen atoms in total. The fraction of sp³-hybridized carbons (Fsp3) is 0.350. The van der Waals surface area contributed by atoms with Crippen LogP contribution in [0.5, 0.6) is 0 Å². The van der Waals surface area contributed by atoms with E-state index in [1.807, 2.05) is 13.8 Å². The van der Waals surface area contributed by atoms with E-state index in [2.05, 4.69) is 37.2 Å². The van der Waals surface area contributed by atoms with Crippen molar-refractivity contribution in [1.29, 1.82) is 0 Å². The lowest BCUT2D eigenvalue weighted by Crippen LogP contribution is -2.48. The Bertz CT molecular complexity index is 1120.